The van der Waals surface area contributed by atoms with Gasteiger partial charge in [0.1, 0.15) is 6.61 Å². The number of nitrogens with zero attached hydrogens (tertiary/aromatic N) is 3. The molecule has 27 heavy (non-hydrogen) atoms. The molecule has 1 heterocycles. The smallest absolute Gasteiger partial charge is 0.241 e. The Morgan fingerprint density at radius 1 is 1.15 bits per heavy atom. The molecular formula is C20H27N5O2. The first-order valence-corrected chi connectivity index (χ1v) is 8.92. The first-order valence-electron chi connectivity index (χ1n) is 8.92. The van der Waals surface area contributed by atoms with E-state index in [1.165, 1.54) is 4.90 Å². The van der Waals surface area contributed by atoms with E-state index < -0.39 is 0 Å². The van der Waals surface area contributed by atoms with Crippen LogP contribution in [0, 0.1) is 0 Å². The number of rotatable bonds is 8. The van der Waals surface area contributed by atoms with Gasteiger partial charge in [0.05, 0.1) is 13.1 Å². The van der Waals surface area contributed by atoms with Gasteiger partial charge in [-0.1, -0.05) is 30.3 Å². The number of likely N-dealkylation sites (N-methyl/N-ethyl adjacent to an activating group) is 1. The van der Waals surface area contributed by atoms with Crippen LogP contribution in [-0.4, -0.2) is 48.9 Å². The van der Waals surface area contributed by atoms with Crippen LogP contribution in [0.3, 0.4) is 0 Å². The molecule has 0 atom stereocenters. The fourth-order valence-corrected chi connectivity index (χ4v) is 2.19. The lowest BCUT2D eigenvalue weighted by molar-refractivity contribution is -0.127. The van der Waals surface area contributed by atoms with Crippen LogP contribution < -0.4 is 15.4 Å². The average Bonchev–Trinajstić information content (AvgIpc) is 2.69. The summed E-state index contributed by atoms with van der Waals surface area (Å²) in [5.41, 5.74) is 2.07. The number of carbonyl (C=O) groups is 1. The van der Waals surface area contributed by atoms with E-state index in [1.54, 1.807) is 20.3 Å². The van der Waals surface area contributed by atoms with Gasteiger partial charge >= 0.3 is 0 Å². The third-order valence-electron chi connectivity index (χ3n) is 3.70. The summed E-state index contributed by atoms with van der Waals surface area (Å²) in [6.07, 6.45) is 1.71. The van der Waals surface area contributed by atoms with Crippen LogP contribution in [0.4, 0.5) is 0 Å². The lowest BCUT2D eigenvalue weighted by atomic mass is 10.2. The first-order chi connectivity index (χ1) is 13.1. The maximum absolute atomic E-state index is 11.7. The Kier molecular flexibility index (Phi) is 8.09. The molecule has 0 spiro atoms. The fourth-order valence-electron chi connectivity index (χ4n) is 2.19. The van der Waals surface area contributed by atoms with Crippen LogP contribution in [0.25, 0.3) is 0 Å². The molecule has 0 fully saturated rings. The van der Waals surface area contributed by atoms with Crippen molar-refractivity contribution in [2.75, 3.05) is 27.2 Å². The molecule has 1 amide bonds. The topological polar surface area (TPSA) is 78.9 Å². The quantitative estimate of drug-likeness (QED) is 0.548. The number of amides is 1. The van der Waals surface area contributed by atoms with Crippen LogP contribution >= 0.6 is 0 Å². The van der Waals surface area contributed by atoms with E-state index >= 15 is 0 Å². The zero-order valence-electron chi connectivity index (χ0n) is 16.1. The molecule has 2 aromatic rings. The summed E-state index contributed by atoms with van der Waals surface area (Å²) in [5, 5.41) is 6.16. The van der Waals surface area contributed by atoms with Crippen molar-refractivity contribution in [3.8, 4) is 5.88 Å². The summed E-state index contributed by atoms with van der Waals surface area (Å²) in [6, 6.07) is 13.7. The van der Waals surface area contributed by atoms with Crippen LogP contribution in [-0.2, 0) is 17.9 Å². The number of pyridine rings is 1. The number of guanidine groups is 1. The minimum absolute atomic E-state index is 0.0129. The van der Waals surface area contributed by atoms with Crippen molar-refractivity contribution < 1.29 is 9.53 Å². The van der Waals surface area contributed by atoms with Gasteiger partial charge in [-0.15, -0.1) is 0 Å². The van der Waals surface area contributed by atoms with Crippen molar-refractivity contribution in [3.63, 3.8) is 0 Å². The van der Waals surface area contributed by atoms with Gasteiger partial charge in [-0.05, 0) is 24.1 Å². The zero-order valence-corrected chi connectivity index (χ0v) is 16.1. The Hall–Kier alpha value is -3.09. The zero-order chi connectivity index (χ0) is 19.5. The molecule has 7 heteroatoms. The van der Waals surface area contributed by atoms with Gasteiger partial charge in [0.2, 0.25) is 11.8 Å². The van der Waals surface area contributed by atoms with E-state index in [4.69, 9.17) is 4.74 Å². The van der Waals surface area contributed by atoms with Crippen molar-refractivity contribution >= 4 is 11.9 Å². The second-order valence-electron chi connectivity index (χ2n) is 6.11. The van der Waals surface area contributed by atoms with Crippen molar-refractivity contribution in [1.82, 2.24) is 20.5 Å². The molecule has 0 aliphatic carbocycles. The highest BCUT2D eigenvalue weighted by molar-refractivity contribution is 5.86. The van der Waals surface area contributed by atoms with Crippen LogP contribution in [0.15, 0.2) is 53.7 Å². The van der Waals surface area contributed by atoms with Gasteiger partial charge in [0.25, 0.3) is 0 Å². The van der Waals surface area contributed by atoms with Crippen molar-refractivity contribution in [1.29, 1.82) is 0 Å². The normalized spacial score (nSPS) is 11.0. The summed E-state index contributed by atoms with van der Waals surface area (Å²) in [7, 11) is 3.45. The number of hydrogen-bond acceptors (Lipinski definition) is 4. The highest BCUT2D eigenvalue weighted by Crippen LogP contribution is 2.12. The van der Waals surface area contributed by atoms with E-state index in [-0.39, 0.29) is 12.5 Å². The third-order valence-corrected chi connectivity index (χ3v) is 3.70. The summed E-state index contributed by atoms with van der Waals surface area (Å²) >= 11 is 0. The lowest BCUT2D eigenvalue weighted by Crippen LogP contribution is -2.42. The Morgan fingerprint density at radius 2 is 1.93 bits per heavy atom. The minimum atomic E-state index is -0.0129. The average molecular weight is 369 g/mol. The van der Waals surface area contributed by atoms with Crippen LogP contribution in [0.5, 0.6) is 5.88 Å². The maximum Gasteiger partial charge on any atom is 0.241 e. The molecule has 0 saturated heterocycles. The van der Waals surface area contributed by atoms with Gasteiger partial charge in [-0.3, -0.25) is 4.79 Å². The highest BCUT2D eigenvalue weighted by Gasteiger charge is 2.05. The summed E-state index contributed by atoms with van der Waals surface area (Å²) < 4.78 is 5.75. The number of nitrogens with one attached hydrogen (secondary N) is 2. The Labute approximate surface area is 160 Å². The van der Waals surface area contributed by atoms with E-state index in [9.17, 15) is 4.79 Å². The SMILES string of the molecule is CCNC(=NCc1ccnc(OCc2ccccc2)c1)NCC(=O)N(C)C. The van der Waals surface area contributed by atoms with E-state index in [0.29, 0.717) is 31.5 Å². The minimum Gasteiger partial charge on any atom is -0.473 e. The Morgan fingerprint density at radius 3 is 2.63 bits per heavy atom. The summed E-state index contributed by atoms with van der Waals surface area (Å²) in [5.74, 6) is 1.14. The van der Waals surface area contributed by atoms with Crippen LogP contribution in [0.1, 0.15) is 18.1 Å². The number of carbonyl (C=O) groups excluding carboxylic acids is 1. The van der Waals surface area contributed by atoms with Crippen molar-refractivity contribution in [2.24, 2.45) is 4.99 Å². The number of aromatic nitrogens is 1. The molecule has 0 aliphatic rings. The van der Waals surface area contributed by atoms with Gasteiger partial charge in [0.15, 0.2) is 5.96 Å². The van der Waals surface area contributed by atoms with Crippen molar-refractivity contribution in [2.45, 2.75) is 20.1 Å². The van der Waals surface area contributed by atoms with E-state index in [0.717, 1.165) is 11.1 Å². The predicted octanol–water partition coefficient (Wildman–Crippen LogP) is 1.80. The van der Waals surface area contributed by atoms with Gasteiger partial charge in [-0.2, -0.15) is 0 Å². The number of aliphatic imine (C=N–C) groups is 1. The maximum atomic E-state index is 11.7. The van der Waals surface area contributed by atoms with Gasteiger partial charge in [0, 0.05) is 32.9 Å². The second kappa shape index (κ2) is 10.8. The third kappa shape index (κ3) is 7.35. The second-order valence-corrected chi connectivity index (χ2v) is 6.11. The molecule has 0 aliphatic heterocycles. The lowest BCUT2D eigenvalue weighted by Gasteiger charge is -2.14. The molecule has 0 radical (unpaired) electrons. The molecule has 7 nitrogen and oxygen atoms in total. The molecule has 0 bridgehead atoms. The molecule has 0 saturated carbocycles. The molecule has 144 valence electrons. The van der Waals surface area contributed by atoms with Gasteiger partial charge in [-0.25, -0.2) is 9.98 Å². The number of hydrogen-bond donors (Lipinski definition) is 2. The molecular weight excluding hydrogens is 342 g/mol. The standard InChI is InChI=1S/C20H27N5O2/c1-4-21-20(24-14-19(26)25(2)3)23-13-17-10-11-22-18(12-17)27-15-16-8-6-5-7-9-16/h5-12H,4,13-15H2,1-3H3,(H2,21,23,24). The van der Waals surface area contributed by atoms with E-state index in [2.05, 4.69) is 20.6 Å². The molecule has 0 unspecified atom stereocenters. The molecule has 1 aromatic carbocycles. The fraction of sp³-hybridized carbons (Fsp3) is 0.350. The van der Waals surface area contributed by atoms with Crippen LogP contribution in [0.2, 0.25) is 0 Å². The van der Waals surface area contributed by atoms with Crippen molar-refractivity contribution in [3.05, 3.63) is 59.8 Å². The summed E-state index contributed by atoms with van der Waals surface area (Å²) in [6.45, 7) is 3.81. The first kappa shape index (κ1) is 20.2. The molecule has 1 aromatic heterocycles. The van der Waals surface area contributed by atoms with Gasteiger partial charge < -0.3 is 20.3 Å². The Bertz CT molecular complexity index is 747. The largest absolute Gasteiger partial charge is 0.473 e. The van der Waals surface area contributed by atoms with E-state index in [1.807, 2.05) is 49.4 Å². The monoisotopic (exact) mass is 369 g/mol. The predicted molar refractivity (Wildman–Crippen MR) is 107 cm³/mol. The molecule has 2 N–H and O–H groups in total. The summed E-state index contributed by atoms with van der Waals surface area (Å²) in [4.78, 5) is 22.0. The molecule has 2 rings (SSSR count). The highest BCUT2D eigenvalue weighted by atomic mass is 16.5. The Balaban J connectivity index is 1.93. The number of benzene rings is 1. The number of ether oxygens (including phenoxy) is 1.